The molecule has 0 saturated heterocycles. The van der Waals surface area contributed by atoms with Gasteiger partial charge >= 0.3 is 0 Å². The maximum Gasteiger partial charge on any atom is 0.191 e. The summed E-state index contributed by atoms with van der Waals surface area (Å²) in [7, 11) is 0. The first kappa shape index (κ1) is 18.2. The summed E-state index contributed by atoms with van der Waals surface area (Å²) in [6, 6.07) is 26.8. The average molecular weight is 384 g/mol. The lowest BCUT2D eigenvalue weighted by atomic mass is 10.0. The number of nitrogens with zero attached hydrogens (tertiary/aromatic N) is 3. The number of aromatic nitrogens is 1. The highest BCUT2D eigenvalue weighted by molar-refractivity contribution is 7.16. The highest BCUT2D eigenvalue weighted by Gasteiger charge is 2.07. The number of nitriles is 1. The van der Waals surface area contributed by atoms with Crippen molar-refractivity contribution in [1.29, 1.82) is 5.26 Å². The second-order valence-corrected chi connectivity index (χ2v) is 8.11. The van der Waals surface area contributed by atoms with E-state index in [-0.39, 0.29) is 0 Å². The first-order valence-corrected chi connectivity index (χ1v) is 10.2. The summed E-state index contributed by atoms with van der Waals surface area (Å²) in [4.78, 5) is 5.91. The molecule has 0 N–H and O–H groups in total. The monoisotopic (exact) mass is 383 g/mol. The molecule has 0 aliphatic heterocycles. The molecule has 3 nitrogen and oxygen atoms in total. The number of benzene rings is 3. The molecule has 0 spiro atoms. The van der Waals surface area contributed by atoms with Gasteiger partial charge in [0, 0.05) is 0 Å². The molecule has 0 aliphatic carbocycles. The van der Waals surface area contributed by atoms with Crippen molar-refractivity contribution >= 4 is 27.2 Å². The minimum atomic E-state index is 0.514. The van der Waals surface area contributed by atoms with E-state index >= 15 is 0 Å². The molecule has 0 unspecified atom stereocenters. The molecule has 0 amide bonds. The molecule has 0 fully saturated rings. The van der Waals surface area contributed by atoms with Gasteiger partial charge in [0.1, 0.15) is 0 Å². The molecule has 3 aromatic carbocycles. The largest absolute Gasteiger partial charge is 0.312 e. The summed E-state index contributed by atoms with van der Waals surface area (Å²) in [6.07, 6.45) is 0. The predicted molar refractivity (Wildman–Crippen MR) is 116 cm³/mol. The van der Waals surface area contributed by atoms with Gasteiger partial charge < -0.3 is 4.57 Å². The maximum atomic E-state index is 9.02. The Hall–Kier alpha value is -3.16. The number of hydrogen-bond acceptors (Lipinski definition) is 3. The summed E-state index contributed by atoms with van der Waals surface area (Å²) in [5.74, 6) is 0.514. The topological polar surface area (TPSA) is 41.1 Å². The third-order valence-corrected chi connectivity index (χ3v) is 5.86. The number of para-hydroxylation sites is 1. The van der Waals surface area contributed by atoms with E-state index in [1.165, 1.54) is 15.8 Å². The van der Waals surface area contributed by atoms with Gasteiger partial charge in [-0.15, -0.1) is 0 Å². The van der Waals surface area contributed by atoms with Crippen LogP contribution in [0.15, 0.2) is 77.8 Å². The van der Waals surface area contributed by atoms with Crippen molar-refractivity contribution in [2.75, 3.05) is 0 Å². The molecule has 4 heteroatoms. The summed E-state index contributed by atoms with van der Waals surface area (Å²) >= 11 is 1.70. The van der Waals surface area contributed by atoms with Gasteiger partial charge in [-0.25, -0.2) is 4.99 Å². The van der Waals surface area contributed by atoms with E-state index < -0.39 is 0 Å². The number of fused-ring (bicyclic) bond motifs is 1. The molecular weight excluding hydrogens is 362 g/mol. The Morgan fingerprint density at radius 1 is 0.964 bits per heavy atom. The second kappa shape index (κ2) is 7.84. The van der Waals surface area contributed by atoms with Crippen molar-refractivity contribution in [2.45, 2.75) is 26.3 Å². The third-order valence-electron chi connectivity index (χ3n) is 4.80. The van der Waals surface area contributed by atoms with Gasteiger partial charge in [0.25, 0.3) is 0 Å². The van der Waals surface area contributed by atoms with E-state index in [2.05, 4.69) is 73.0 Å². The average Bonchev–Trinajstić information content (AvgIpc) is 3.06. The summed E-state index contributed by atoms with van der Waals surface area (Å²) < 4.78 is 3.46. The summed E-state index contributed by atoms with van der Waals surface area (Å²) in [5, 5.41) is 9.02. The van der Waals surface area contributed by atoms with E-state index in [0.717, 1.165) is 22.6 Å². The quantitative estimate of drug-likeness (QED) is 0.427. The van der Waals surface area contributed by atoms with Crippen LogP contribution >= 0.6 is 11.3 Å². The van der Waals surface area contributed by atoms with Gasteiger partial charge in [-0.3, -0.25) is 0 Å². The molecular formula is C24H21N3S. The lowest BCUT2D eigenvalue weighted by Gasteiger charge is -2.07. The number of hydrogen-bond donors (Lipinski definition) is 0. The van der Waals surface area contributed by atoms with E-state index in [1.807, 2.05) is 24.3 Å². The van der Waals surface area contributed by atoms with Crippen LogP contribution in [0, 0.1) is 11.3 Å². The van der Waals surface area contributed by atoms with E-state index in [9.17, 15) is 0 Å². The van der Waals surface area contributed by atoms with Crippen LogP contribution in [-0.4, -0.2) is 4.57 Å². The first-order chi connectivity index (χ1) is 13.6. The smallest absolute Gasteiger partial charge is 0.191 e. The molecule has 0 saturated carbocycles. The molecule has 28 heavy (non-hydrogen) atoms. The molecule has 1 aromatic heterocycles. The maximum absolute atomic E-state index is 9.02. The van der Waals surface area contributed by atoms with Gasteiger partial charge in [-0.2, -0.15) is 5.26 Å². The Morgan fingerprint density at radius 3 is 2.36 bits per heavy atom. The minimum Gasteiger partial charge on any atom is -0.312 e. The molecule has 4 rings (SSSR count). The normalized spacial score (nSPS) is 11.9. The van der Waals surface area contributed by atoms with Crippen molar-refractivity contribution in [1.82, 2.24) is 4.57 Å². The van der Waals surface area contributed by atoms with Crippen molar-refractivity contribution in [3.63, 3.8) is 0 Å². The fourth-order valence-electron chi connectivity index (χ4n) is 3.17. The highest BCUT2D eigenvalue weighted by Crippen LogP contribution is 2.21. The molecule has 0 radical (unpaired) electrons. The number of thiazole rings is 1. The molecule has 1 heterocycles. The van der Waals surface area contributed by atoms with Crippen LogP contribution in [0.2, 0.25) is 0 Å². The van der Waals surface area contributed by atoms with Crippen molar-refractivity contribution < 1.29 is 0 Å². The van der Waals surface area contributed by atoms with Crippen LogP contribution < -0.4 is 4.80 Å². The zero-order chi connectivity index (χ0) is 19.5. The van der Waals surface area contributed by atoms with E-state index in [1.54, 1.807) is 11.3 Å². The van der Waals surface area contributed by atoms with Gasteiger partial charge in [0.05, 0.1) is 34.1 Å². The minimum absolute atomic E-state index is 0.514. The van der Waals surface area contributed by atoms with Gasteiger partial charge in [-0.05, 0) is 53.4 Å². The second-order valence-electron chi connectivity index (χ2n) is 7.11. The SMILES string of the molecule is CC(C)c1ccc(N=c2sc3ccccc3n2Cc2ccc(C#N)cc2)cc1. The van der Waals surface area contributed by atoms with Crippen LogP contribution in [0.4, 0.5) is 5.69 Å². The fraction of sp³-hybridized carbons (Fsp3) is 0.167. The van der Waals surface area contributed by atoms with Crippen LogP contribution in [0.3, 0.4) is 0 Å². The van der Waals surface area contributed by atoms with Gasteiger partial charge in [-0.1, -0.05) is 61.6 Å². The molecule has 0 aliphatic rings. The third kappa shape index (κ3) is 3.76. The van der Waals surface area contributed by atoms with Crippen molar-refractivity contribution in [3.8, 4) is 6.07 Å². The number of rotatable bonds is 4. The molecule has 0 atom stereocenters. The Balaban J connectivity index is 1.79. The fourth-order valence-corrected chi connectivity index (χ4v) is 4.22. The molecule has 138 valence electrons. The standard InChI is InChI=1S/C24H21N3S/c1-17(2)20-11-13-21(14-12-20)26-24-27(22-5-3-4-6-23(22)28-24)16-19-9-7-18(15-25)8-10-19/h3-14,17H,16H2,1-2H3. The van der Waals surface area contributed by atoms with E-state index in [0.29, 0.717) is 11.5 Å². The van der Waals surface area contributed by atoms with Crippen molar-refractivity contribution in [2.24, 2.45) is 4.99 Å². The Kier molecular flexibility index (Phi) is 5.10. The Morgan fingerprint density at radius 2 is 1.68 bits per heavy atom. The van der Waals surface area contributed by atoms with E-state index in [4.69, 9.17) is 10.3 Å². The molecule has 4 aromatic rings. The van der Waals surface area contributed by atoms with Crippen LogP contribution in [0.25, 0.3) is 10.2 Å². The zero-order valence-electron chi connectivity index (χ0n) is 16.0. The van der Waals surface area contributed by atoms with Crippen LogP contribution in [-0.2, 0) is 6.54 Å². The van der Waals surface area contributed by atoms with Crippen LogP contribution in [0.5, 0.6) is 0 Å². The molecule has 0 bridgehead atoms. The lowest BCUT2D eigenvalue weighted by molar-refractivity contribution is 0.800. The Labute approximate surface area is 168 Å². The van der Waals surface area contributed by atoms with Gasteiger partial charge in [0.15, 0.2) is 4.80 Å². The lowest BCUT2D eigenvalue weighted by Crippen LogP contribution is -2.15. The highest BCUT2D eigenvalue weighted by atomic mass is 32.1. The van der Waals surface area contributed by atoms with Crippen molar-refractivity contribution in [3.05, 3.63) is 94.3 Å². The summed E-state index contributed by atoms with van der Waals surface area (Å²) in [6.45, 7) is 5.12. The summed E-state index contributed by atoms with van der Waals surface area (Å²) in [5.41, 5.74) is 5.29. The first-order valence-electron chi connectivity index (χ1n) is 9.36. The Bertz CT molecular complexity index is 1200. The predicted octanol–water partition coefficient (Wildman–Crippen LogP) is 5.98. The zero-order valence-corrected chi connectivity index (χ0v) is 16.8. The van der Waals surface area contributed by atoms with Crippen LogP contribution in [0.1, 0.15) is 36.5 Å². The van der Waals surface area contributed by atoms with Gasteiger partial charge in [0.2, 0.25) is 0 Å².